The largest absolute Gasteiger partial charge is 0.550 e. The van der Waals surface area contributed by atoms with Crippen molar-refractivity contribution in [3.63, 3.8) is 0 Å². The number of carboxylic acids is 1. The van der Waals surface area contributed by atoms with Crippen LogP contribution in [0.5, 0.6) is 0 Å². The number of ether oxygens (including phenoxy) is 1. The first-order valence-corrected chi connectivity index (χ1v) is 8.95. The monoisotopic (exact) mass is 353 g/mol. The summed E-state index contributed by atoms with van der Waals surface area (Å²) in [5, 5.41) is 23.5. The number of carbonyl (C=O) groups is 1. The van der Waals surface area contributed by atoms with Gasteiger partial charge in [0.15, 0.2) is 0 Å². The summed E-state index contributed by atoms with van der Waals surface area (Å²) >= 11 is 0. The number of hydrogen-bond acceptors (Lipinski definition) is 4. The average Bonchev–Trinajstić information content (AvgIpc) is 2.61. The van der Waals surface area contributed by atoms with E-state index in [2.05, 4.69) is 0 Å². The van der Waals surface area contributed by atoms with Crippen molar-refractivity contribution in [3.8, 4) is 0 Å². The van der Waals surface area contributed by atoms with Crippen LogP contribution in [0, 0.1) is 5.92 Å². The summed E-state index contributed by atoms with van der Waals surface area (Å²) in [5.41, 5.74) is -1.93. The number of rotatable bonds is 4. The highest BCUT2D eigenvalue weighted by molar-refractivity contribution is 5.69. The molecular weight excluding hydrogens is 328 g/mol. The van der Waals surface area contributed by atoms with Crippen molar-refractivity contribution in [1.82, 2.24) is 0 Å². The van der Waals surface area contributed by atoms with Crippen LogP contribution in [0.4, 0.5) is 0 Å². The third kappa shape index (κ3) is 2.93. The van der Waals surface area contributed by atoms with Gasteiger partial charge in [-0.15, -0.1) is 0 Å². The number of aliphatic carboxylic acids is 1. The van der Waals surface area contributed by atoms with E-state index in [0.29, 0.717) is 12.8 Å². The van der Waals surface area contributed by atoms with Gasteiger partial charge in [-0.3, -0.25) is 0 Å². The van der Waals surface area contributed by atoms with Crippen molar-refractivity contribution in [3.05, 3.63) is 71.8 Å². The Morgan fingerprint density at radius 3 is 1.88 bits per heavy atom. The summed E-state index contributed by atoms with van der Waals surface area (Å²) in [5.74, 6) is -1.83. The molecule has 1 saturated heterocycles. The molecule has 0 aliphatic carbocycles. The van der Waals surface area contributed by atoms with Crippen molar-refractivity contribution in [2.24, 2.45) is 5.92 Å². The van der Waals surface area contributed by atoms with Crippen LogP contribution in [0.25, 0.3) is 0 Å². The van der Waals surface area contributed by atoms with Crippen molar-refractivity contribution >= 4 is 5.97 Å². The normalized spacial score (nSPS) is 25.6. The van der Waals surface area contributed by atoms with E-state index in [0.717, 1.165) is 11.1 Å². The Bertz CT molecular complexity index is 730. The molecular formula is C22H25O4-. The van der Waals surface area contributed by atoms with Gasteiger partial charge >= 0.3 is 0 Å². The van der Waals surface area contributed by atoms with Gasteiger partial charge in [0.25, 0.3) is 0 Å². The van der Waals surface area contributed by atoms with Crippen LogP contribution >= 0.6 is 0 Å². The molecule has 3 rings (SSSR count). The van der Waals surface area contributed by atoms with Gasteiger partial charge < -0.3 is 19.7 Å². The average molecular weight is 353 g/mol. The Morgan fingerprint density at radius 1 is 1.04 bits per heavy atom. The lowest BCUT2D eigenvalue weighted by atomic mass is 9.67. The minimum absolute atomic E-state index is 0.383. The maximum Gasteiger partial charge on any atom is 0.143 e. The molecule has 4 nitrogen and oxygen atoms in total. The molecule has 1 aliphatic rings. The van der Waals surface area contributed by atoms with Crippen LogP contribution in [0.15, 0.2) is 60.7 Å². The van der Waals surface area contributed by atoms with Gasteiger partial charge in [-0.05, 0) is 44.7 Å². The minimum Gasteiger partial charge on any atom is -0.550 e. The number of hydrogen-bond donors (Lipinski definition) is 1. The molecule has 0 unspecified atom stereocenters. The van der Waals surface area contributed by atoms with E-state index >= 15 is 0 Å². The van der Waals surface area contributed by atoms with Crippen LogP contribution in [0.2, 0.25) is 0 Å². The molecule has 0 bridgehead atoms. The molecule has 0 aromatic heterocycles. The zero-order chi connectivity index (χ0) is 19.0. The Morgan fingerprint density at radius 2 is 1.50 bits per heavy atom. The van der Waals surface area contributed by atoms with Gasteiger partial charge in [-0.25, -0.2) is 0 Å². The van der Waals surface area contributed by atoms with E-state index in [1.165, 1.54) is 0 Å². The van der Waals surface area contributed by atoms with E-state index in [-0.39, 0.29) is 0 Å². The molecule has 2 aromatic rings. The fourth-order valence-corrected chi connectivity index (χ4v) is 4.26. The molecule has 0 spiro atoms. The molecule has 138 valence electrons. The molecule has 0 radical (unpaired) electrons. The standard InChI is InChI=1S/C22H26O4/c1-20(2)18(19(23)24)14-15-21(3,26-20)22(25,16-10-6-4-7-11-16)17-12-8-5-9-13-17/h4-13,18,25H,14-15H2,1-3H3,(H,23,24)/p-1/t18-,21+/m1/s1. The minimum atomic E-state index is -1.41. The second-order valence-electron chi connectivity index (χ2n) is 7.79. The first-order chi connectivity index (χ1) is 12.2. The summed E-state index contributed by atoms with van der Waals surface area (Å²) < 4.78 is 6.34. The number of carboxylic acid groups (broad SMARTS) is 1. The van der Waals surface area contributed by atoms with Crippen LogP contribution in [-0.4, -0.2) is 22.3 Å². The molecule has 1 heterocycles. The molecule has 2 aromatic carbocycles. The Hall–Kier alpha value is -2.17. The van der Waals surface area contributed by atoms with Gasteiger partial charge in [0.05, 0.1) is 5.60 Å². The van der Waals surface area contributed by atoms with Gasteiger partial charge in [-0.2, -0.15) is 0 Å². The number of benzene rings is 2. The van der Waals surface area contributed by atoms with E-state index in [1.54, 1.807) is 13.8 Å². The van der Waals surface area contributed by atoms with Crippen LogP contribution in [-0.2, 0) is 15.1 Å². The van der Waals surface area contributed by atoms with Crippen LogP contribution in [0.3, 0.4) is 0 Å². The van der Waals surface area contributed by atoms with Crippen LogP contribution in [0.1, 0.15) is 44.7 Å². The first kappa shape index (κ1) is 18.6. The summed E-state index contributed by atoms with van der Waals surface area (Å²) in [4.78, 5) is 11.5. The summed E-state index contributed by atoms with van der Waals surface area (Å²) in [7, 11) is 0. The lowest BCUT2D eigenvalue weighted by Crippen LogP contribution is -2.62. The van der Waals surface area contributed by atoms with E-state index in [9.17, 15) is 15.0 Å². The smallest absolute Gasteiger partial charge is 0.143 e. The van der Waals surface area contributed by atoms with E-state index in [1.807, 2.05) is 67.6 Å². The molecule has 0 saturated carbocycles. The zero-order valence-corrected chi connectivity index (χ0v) is 15.4. The lowest BCUT2D eigenvalue weighted by Gasteiger charge is -2.55. The maximum absolute atomic E-state index is 12.0. The van der Waals surface area contributed by atoms with Crippen molar-refractivity contribution < 1.29 is 19.7 Å². The van der Waals surface area contributed by atoms with Crippen molar-refractivity contribution in [2.75, 3.05) is 0 Å². The predicted molar refractivity (Wildman–Crippen MR) is 97.2 cm³/mol. The van der Waals surface area contributed by atoms with E-state index in [4.69, 9.17) is 4.74 Å². The highest BCUT2D eigenvalue weighted by atomic mass is 16.5. The van der Waals surface area contributed by atoms with Gasteiger partial charge in [0.2, 0.25) is 0 Å². The van der Waals surface area contributed by atoms with Gasteiger partial charge in [0, 0.05) is 11.9 Å². The maximum atomic E-state index is 12.0. The fourth-order valence-electron chi connectivity index (χ4n) is 4.26. The van der Waals surface area contributed by atoms with Gasteiger partial charge in [0.1, 0.15) is 11.2 Å². The van der Waals surface area contributed by atoms with Gasteiger partial charge in [-0.1, -0.05) is 60.7 Å². The molecule has 0 amide bonds. The second kappa shape index (κ2) is 6.53. The van der Waals surface area contributed by atoms with Crippen molar-refractivity contribution in [1.29, 1.82) is 0 Å². The third-order valence-electron chi connectivity index (χ3n) is 5.67. The Kier molecular flexibility index (Phi) is 4.67. The topological polar surface area (TPSA) is 69.6 Å². The molecule has 26 heavy (non-hydrogen) atoms. The third-order valence-corrected chi connectivity index (χ3v) is 5.67. The van der Waals surface area contributed by atoms with Crippen molar-refractivity contribution in [2.45, 2.75) is 50.4 Å². The molecule has 4 heteroatoms. The highest BCUT2D eigenvalue weighted by Gasteiger charge is 2.56. The Balaban J connectivity index is 2.13. The zero-order valence-electron chi connectivity index (χ0n) is 15.4. The Labute approximate surface area is 154 Å². The molecule has 2 atom stereocenters. The molecule has 1 aliphatic heterocycles. The highest BCUT2D eigenvalue weighted by Crippen LogP contribution is 2.50. The predicted octanol–water partition coefficient (Wildman–Crippen LogP) is 2.64. The van der Waals surface area contributed by atoms with Crippen LogP contribution < -0.4 is 5.11 Å². The number of carbonyl (C=O) groups excluding carboxylic acids is 1. The summed E-state index contributed by atoms with van der Waals surface area (Å²) in [6.45, 7) is 5.36. The van der Waals surface area contributed by atoms with E-state index < -0.39 is 28.7 Å². The summed E-state index contributed by atoms with van der Waals surface area (Å²) in [6, 6.07) is 18.8. The first-order valence-electron chi connectivity index (χ1n) is 8.95. The fraction of sp³-hybridized carbons (Fsp3) is 0.409. The molecule has 1 N–H and O–H groups in total. The quantitative estimate of drug-likeness (QED) is 0.917. The molecule has 1 fully saturated rings. The lowest BCUT2D eigenvalue weighted by molar-refractivity contribution is -0.330. The second-order valence-corrected chi connectivity index (χ2v) is 7.79. The number of aliphatic hydroxyl groups is 1. The summed E-state index contributed by atoms with van der Waals surface area (Å²) in [6.07, 6.45) is 0.781. The SMILES string of the molecule is CC1(C)O[C@](C)(C(O)(c2ccccc2)c2ccccc2)CC[C@@H]1C(=O)[O-].